The molecule has 9 atom stereocenters. The Morgan fingerprint density at radius 1 is 0.859 bits per heavy atom. The van der Waals surface area contributed by atoms with Crippen molar-refractivity contribution >= 4 is 43.8 Å². The van der Waals surface area contributed by atoms with E-state index in [4.69, 9.17) is 14.6 Å². The fourth-order valence-electron chi connectivity index (χ4n) is 8.32. The third-order valence-corrected chi connectivity index (χ3v) is 12.7. The monoisotopic (exact) mass is 1010 g/mol. The summed E-state index contributed by atoms with van der Waals surface area (Å²) >= 11 is 0. The van der Waals surface area contributed by atoms with Gasteiger partial charge in [-0.3, -0.25) is 28.8 Å². The van der Waals surface area contributed by atoms with Crippen LogP contribution in [-0.2, 0) is 43.0 Å². The molecule has 5 rings (SSSR count). The summed E-state index contributed by atoms with van der Waals surface area (Å²) in [5, 5.41) is 17.8. The Bertz CT molecular complexity index is 1440. The minimum atomic E-state index is -1.04. The Morgan fingerprint density at radius 3 is 1.79 bits per heavy atom. The molecule has 3 saturated heterocycles. The number of carbonyl (C=O) groups is 7. The Balaban J connectivity index is -0.000000779. The smallest absolute Gasteiger partial charge is 0.322 e. The molecule has 1 saturated carbocycles. The molecule has 0 spiro atoms. The van der Waals surface area contributed by atoms with E-state index < -0.39 is 5.97 Å². The number of aliphatic carboxylic acids is 1. The van der Waals surface area contributed by atoms with Crippen molar-refractivity contribution in [3.8, 4) is 0 Å². The van der Waals surface area contributed by atoms with Crippen LogP contribution in [0.25, 0.3) is 0 Å². The van der Waals surface area contributed by atoms with Gasteiger partial charge in [-0.25, -0.2) is 0 Å². The lowest BCUT2D eigenvalue weighted by molar-refractivity contribution is -0.137. The summed E-state index contributed by atoms with van der Waals surface area (Å²) in [6, 6.07) is 13.2. The number of carboxylic acid groups (broad SMARTS) is 1. The number of amides is 5. The van der Waals surface area contributed by atoms with E-state index in [1.807, 2.05) is 35.3 Å². The second-order valence-electron chi connectivity index (χ2n) is 18.8. The van der Waals surface area contributed by atoms with Gasteiger partial charge in [0.25, 0.3) is 0 Å². The fourth-order valence-corrected chi connectivity index (χ4v) is 8.32. The zero-order valence-electron chi connectivity index (χ0n) is 46.5. The SMILES string of the molecule is CC1C2CCC(C2)N1C.CC1CN1.CCC.CCC(C)C(C(CC)OC)N(C)C(=O)CNC=O.COC(C(C)C)C1CCCN1C=O.Cc1ccccc1.O=CCCCCCNC=O.O=CNCC(=O)O. The first-order valence-corrected chi connectivity index (χ1v) is 26.1. The molecule has 412 valence electrons. The van der Waals surface area contributed by atoms with E-state index >= 15 is 0 Å². The first-order valence-electron chi connectivity index (χ1n) is 26.1. The molecule has 17 heteroatoms. The standard InChI is InChI=1S/C13H26N2O3.C10H19NO2.C8H15N.C7H13NO2.C7H8.C3H5NO3.C3H7N.C3H8/c1-6-10(3)13(11(7-2)18-5)15(4)12(17)8-14-9-16;1-8(2)10(13-3)9-5-4-6-11(9)7-12;1-6-7-3-4-8(5-7)9(6)2;9-6-4-2-1-3-5-8-7-10;1-7-5-3-2-4-6-7;5-2-4-1-3(6)7;1-3-2-4-3;1-3-2/h9-11,13H,6-8H2,1-5H3,(H,14,16);7-10H,4-6H2,1-3H3;6-8H,3-5H2,1-2H3;6-7H,1-5H2,(H,8,10);2-6H,1H3;2H,1H2,(H,4,5)(H,6,7);3-4H,2H2,1H3;3H2,1-2H3. The number of ether oxygens (including phenoxy) is 2. The molecule has 1 aromatic rings. The van der Waals surface area contributed by atoms with E-state index in [0.717, 1.165) is 94.8 Å². The average Bonchev–Trinajstić information content (AvgIpc) is 3.66. The molecule has 5 N–H and O–H groups in total. The molecular formula is C54H101N7O10. The highest BCUT2D eigenvalue weighted by molar-refractivity contribution is 5.80. The number of aryl methyl sites for hydroxylation is 1. The number of methoxy groups -OCH3 is 2. The van der Waals surface area contributed by atoms with Gasteiger partial charge in [-0.1, -0.05) is 104 Å². The largest absolute Gasteiger partial charge is 0.480 e. The van der Waals surface area contributed by atoms with Gasteiger partial charge in [0, 0.05) is 65.4 Å². The first-order chi connectivity index (χ1) is 33.9. The van der Waals surface area contributed by atoms with E-state index in [2.05, 4.69) is 102 Å². The molecule has 3 aliphatic heterocycles. The second-order valence-corrected chi connectivity index (χ2v) is 18.8. The third-order valence-electron chi connectivity index (χ3n) is 12.7. The van der Waals surface area contributed by atoms with Crippen LogP contribution in [0.2, 0.25) is 0 Å². The second kappa shape index (κ2) is 46.6. The maximum Gasteiger partial charge on any atom is 0.322 e. The van der Waals surface area contributed by atoms with Crippen LogP contribution in [0.4, 0.5) is 0 Å². The van der Waals surface area contributed by atoms with Gasteiger partial charge in [0.2, 0.25) is 31.5 Å². The van der Waals surface area contributed by atoms with Crippen LogP contribution in [0.15, 0.2) is 30.3 Å². The number of carboxylic acids is 1. The number of nitrogens with one attached hydrogen (secondary N) is 4. The molecule has 2 bridgehead atoms. The number of hydrogen-bond acceptors (Lipinski definition) is 11. The normalized spacial score (nSPS) is 20.3. The number of nitrogens with zero attached hydrogens (tertiary/aromatic N) is 3. The molecule has 9 unspecified atom stereocenters. The maximum atomic E-state index is 11.9. The Morgan fingerprint density at radius 2 is 1.44 bits per heavy atom. The lowest BCUT2D eigenvalue weighted by atomic mass is 9.91. The van der Waals surface area contributed by atoms with Crippen LogP contribution in [0.5, 0.6) is 0 Å². The number of carbonyl (C=O) groups excluding carboxylic acids is 6. The first kappa shape index (κ1) is 70.8. The molecule has 17 nitrogen and oxygen atoms in total. The highest BCUT2D eigenvalue weighted by Gasteiger charge is 2.41. The van der Waals surface area contributed by atoms with Gasteiger partial charge in [-0.2, -0.15) is 0 Å². The van der Waals surface area contributed by atoms with Crippen molar-refractivity contribution in [3.63, 3.8) is 0 Å². The number of likely N-dealkylation sites (tertiary alicyclic amines) is 2. The van der Waals surface area contributed by atoms with Crippen molar-refractivity contribution in [2.75, 3.05) is 61.0 Å². The molecule has 71 heavy (non-hydrogen) atoms. The number of benzene rings is 1. The maximum absolute atomic E-state index is 11.9. The highest BCUT2D eigenvalue weighted by Crippen LogP contribution is 2.40. The molecule has 0 radical (unpaired) electrons. The minimum Gasteiger partial charge on any atom is -0.480 e. The fraction of sp³-hybridized carbons (Fsp3) is 0.759. The van der Waals surface area contributed by atoms with Crippen molar-refractivity contribution in [1.82, 2.24) is 36.0 Å². The summed E-state index contributed by atoms with van der Waals surface area (Å²) < 4.78 is 10.9. The molecule has 5 amide bonds. The van der Waals surface area contributed by atoms with Gasteiger partial charge in [-0.15, -0.1) is 0 Å². The van der Waals surface area contributed by atoms with Gasteiger partial charge >= 0.3 is 5.97 Å². The van der Waals surface area contributed by atoms with Crippen molar-refractivity contribution in [2.45, 2.75) is 189 Å². The van der Waals surface area contributed by atoms with E-state index in [0.29, 0.717) is 43.5 Å². The van der Waals surface area contributed by atoms with Crippen LogP contribution >= 0.6 is 0 Å². The topological polar surface area (TPSA) is 226 Å². The quantitative estimate of drug-likeness (QED) is 0.0450. The number of unbranched alkanes of at least 4 members (excludes halogenated alkanes) is 3. The van der Waals surface area contributed by atoms with Crippen molar-refractivity contribution in [2.24, 2.45) is 17.8 Å². The minimum absolute atomic E-state index is 0.0186. The van der Waals surface area contributed by atoms with Crippen LogP contribution in [0.1, 0.15) is 145 Å². The van der Waals surface area contributed by atoms with E-state index in [1.165, 1.54) is 37.8 Å². The Labute approximate surface area is 430 Å². The third kappa shape index (κ3) is 35.3. The molecular weight excluding hydrogens is 907 g/mol. The van der Waals surface area contributed by atoms with Crippen LogP contribution in [0.3, 0.4) is 0 Å². The van der Waals surface area contributed by atoms with Crippen LogP contribution in [0, 0.1) is 24.7 Å². The van der Waals surface area contributed by atoms with Crippen molar-refractivity contribution in [1.29, 1.82) is 0 Å². The number of likely N-dealkylation sites (N-methyl/N-ethyl adjacent to an activating group) is 1. The van der Waals surface area contributed by atoms with Gasteiger partial charge < -0.3 is 55.3 Å². The predicted molar refractivity (Wildman–Crippen MR) is 286 cm³/mol. The Kier molecular flexibility index (Phi) is 46.5. The van der Waals surface area contributed by atoms with Gasteiger partial charge in [0.05, 0.1) is 30.8 Å². The zero-order valence-corrected chi connectivity index (χ0v) is 46.5. The summed E-state index contributed by atoms with van der Waals surface area (Å²) in [5.74, 6) is 0.727. The number of fused-ring (bicyclic) bond motifs is 2. The summed E-state index contributed by atoms with van der Waals surface area (Å²) in [6.45, 7) is 24.0. The summed E-state index contributed by atoms with van der Waals surface area (Å²) in [7, 11) is 7.44. The molecule has 0 aromatic heterocycles. The molecule has 3 heterocycles. The van der Waals surface area contributed by atoms with Crippen molar-refractivity contribution in [3.05, 3.63) is 35.9 Å². The van der Waals surface area contributed by atoms with Gasteiger partial charge in [-0.05, 0) is 96.9 Å². The number of aldehydes is 1. The van der Waals surface area contributed by atoms with Crippen LogP contribution in [-0.4, -0.2) is 167 Å². The molecule has 1 aliphatic carbocycles. The lowest BCUT2D eigenvalue weighted by Gasteiger charge is -2.37. The summed E-state index contributed by atoms with van der Waals surface area (Å²) in [4.78, 5) is 77.4. The Hall–Kier alpha value is -4.45. The van der Waals surface area contributed by atoms with Gasteiger partial charge in [0.1, 0.15) is 12.8 Å². The predicted octanol–water partition coefficient (Wildman–Crippen LogP) is 6.50. The summed E-state index contributed by atoms with van der Waals surface area (Å²) in [5.41, 5.74) is 1.32. The number of piperidine rings is 1. The lowest BCUT2D eigenvalue weighted by Crippen LogP contribution is -2.51. The zero-order chi connectivity index (χ0) is 54.6. The van der Waals surface area contributed by atoms with E-state index in [9.17, 15) is 33.6 Å². The number of rotatable bonds is 23. The molecule has 4 fully saturated rings. The molecule has 4 aliphatic rings. The average molecular weight is 1010 g/mol. The summed E-state index contributed by atoms with van der Waals surface area (Å²) in [6.07, 6.45) is 16.9. The van der Waals surface area contributed by atoms with Crippen LogP contribution < -0.4 is 21.3 Å². The van der Waals surface area contributed by atoms with Crippen molar-refractivity contribution < 1.29 is 48.1 Å². The molecule has 1 aromatic carbocycles. The van der Waals surface area contributed by atoms with E-state index in [-0.39, 0.29) is 37.2 Å². The highest BCUT2D eigenvalue weighted by atomic mass is 16.5. The number of hydrogen-bond donors (Lipinski definition) is 5. The van der Waals surface area contributed by atoms with Gasteiger partial charge in [0.15, 0.2) is 0 Å². The van der Waals surface area contributed by atoms with E-state index in [1.54, 1.807) is 26.2 Å².